The number of rotatable bonds is 4. The average Bonchev–Trinajstić information content (AvgIpc) is 3.00. The number of nitrogens with two attached hydrogens (primary N) is 1. The van der Waals surface area contributed by atoms with E-state index in [1.807, 2.05) is 0 Å². The summed E-state index contributed by atoms with van der Waals surface area (Å²) in [5.74, 6) is -0.644. The standard InChI is InChI=1S/C10H12N2O3S/c11-10(13)8-3-1-2-4-9(8)12-16(14,15)7-5-6-7/h1-4,7,12H,5-6H2,(H2,11,13). The molecule has 0 spiro atoms. The second-order valence-electron chi connectivity index (χ2n) is 3.76. The number of benzene rings is 1. The van der Waals surface area contributed by atoms with Crippen LogP contribution in [0, 0.1) is 0 Å². The highest BCUT2D eigenvalue weighted by atomic mass is 32.2. The molecule has 2 rings (SSSR count). The molecule has 0 heterocycles. The molecule has 0 aromatic heterocycles. The van der Waals surface area contributed by atoms with Crippen LogP contribution in [-0.4, -0.2) is 19.6 Å². The van der Waals surface area contributed by atoms with Gasteiger partial charge in [-0.3, -0.25) is 9.52 Å². The zero-order valence-electron chi connectivity index (χ0n) is 8.51. The maximum atomic E-state index is 11.7. The Bertz CT molecular complexity index is 521. The minimum Gasteiger partial charge on any atom is -0.366 e. The van der Waals surface area contributed by atoms with Gasteiger partial charge in [0.1, 0.15) is 0 Å². The van der Waals surface area contributed by atoms with Crippen LogP contribution >= 0.6 is 0 Å². The summed E-state index contributed by atoms with van der Waals surface area (Å²) in [7, 11) is -3.35. The van der Waals surface area contributed by atoms with Gasteiger partial charge >= 0.3 is 0 Å². The normalized spacial score (nSPS) is 15.8. The highest BCUT2D eigenvalue weighted by Crippen LogP contribution is 2.30. The number of amides is 1. The van der Waals surface area contributed by atoms with Crippen molar-refractivity contribution in [1.82, 2.24) is 0 Å². The summed E-state index contributed by atoms with van der Waals surface area (Å²) in [6, 6.07) is 6.30. The van der Waals surface area contributed by atoms with E-state index in [4.69, 9.17) is 5.73 Å². The van der Waals surface area contributed by atoms with E-state index < -0.39 is 15.9 Å². The summed E-state index contributed by atoms with van der Waals surface area (Å²) in [6.07, 6.45) is 1.35. The molecule has 0 saturated heterocycles. The Labute approximate surface area is 93.7 Å². The third-order valence-corrected chi connectivity index (χ3v) is 4.26. The first kappa shape index (κ1) is 10.9. The number of carbonyl (C=O) groups excluding carboxylic acids is 1. The van der Waals surface area contributed by atoms with Crippen LogP contribution in [-0.2, 0) is 10.0 Å². The third kappa shape index (κ3) is 2.16. The van der Waals surface area contributed by atoms with Crippen LogP contribution < -0.4 is 10.5 Å². The Balaban J connectivity index is 2.30. The Morgan fingerprint density at radius 2 is 1.94 bits per heavy atom. The van der Waals surface area contributed by atoms with Crippen LogP contribution in [0.2, 0.25) is 0 Å². The van der Waals surface area contributed by atoms with Crippen molar-refractivity contribution in [3.8, 4) is 0 Å². The predicted octanol–water partition coefficient (Wildman–Crippen LogP) is 0.690. The molecule has 1 amide bonds. The third-order valence-electron chi connectivity index (χ3n) is 2.41. The largest absolute Gasteiger partial charge is 0.366 e. The monoisotopic (exact) mass is 240 g/mol. The fourth-order valence-electron chi connectivity index (χ4n) is 1.40. The molecule has 0 unspecified atom stereocenters. The van der Waals surface area contributed by atoms with Crippen molar-refractivity contribution in [3.05, 3.63) is 29.8 Å². The molecule has 1 aliphatic rings. The average molecular weight is 240 g/mol. The van der Waals surface area contributed by atoms with Crippen LogP contribution in [0.4, 0.5) is 5.69 Å². The van der Waals surface area contributed by atoms with E-state index in [0.29, 0.717) is 12.8 Å². The summed E-state index contributed by atoms with van der Waals surface area (Å²) < 4.78 is 25.7. The van der Waals surface area contributed by atoms with Gasteiger partial charge in [0.25, 0.3) is 5.91 Å². The van der Waals surface area contributed by atoms with Gasteiger partial charge < -0.3 is 5.73 Å². The van der Waals surface area contributed by atoms with Crippen molar-refractivity contribution >= 4 is 21.6 Å². The number of primary amides is 1. The summed E-state index contributed by atoms with van der Waals surface area (Å²) in [5, 5.41) is -0.326. The van der Waals surface area contributed by atoms with Crippen LogP contribution in [0.3, 0.4) is 0 Å². The van der Waals surface area contributed by atoms with E-state index in [2.05, 4.69) is 4.72 Å². The highest BCUT2D eigenvalue weighted by molar-refractivity contribution is 7.93. The summed E-state index contributed by atoms with van der Waals surface area (Å²) >= 11 is 0. The molecule has 0 aliphatic heterocycles. The lowest BCUT2D eigenvalue weighted by molar-refractivity contribution is 0.100. The molecule has 0 radical (unpaired) electrons. The number of carbonyl (C=O) groups is 1. The number of hydrogen-bond acceptors (Lipinski definition) is 3. The van der Waals surface area contributed by atoms with Gasteiger partial charge in [-0.2, -0.15) is 0 Å². The van der Waals surface area contributed by atoms with Gasteiger partial charge in [-0.1, -0.05) is 12.1 Å². The first-order chi connectivity index (χ1) is 7.50. The number of para-hydroxylation sites is 1. The zero-order chi connectivity index (χ0) is 11.8. The highest BCUT2D eigenvalue weighted by Gasteiger charge is 2.36. The lowest BCUT2D eigenvalue weighted by Gasteiger charge is -2.09. The minimum absolute atomic E-state index is 0.187. The lowest BCUT2D eigenvalue weighted by atomic mass is 10.2. The predicted molar refractivity (Wildman–Crippen MR) is 60.5 cm³/mol. The smallest absolute Gasteiger partial charge is 0.250 e. The molecule has 0 bridgehead atoms. The molecule has 3 N–H and O–H groups in total. The van der Waals surface area contributed by atoms with E-state index in [-0.39, 0.29) is 16.5 Å². The molecule has 1 aromatic carbocycles. The molecule has 6 heteroatoms. The fraction of sp³-hybridized carbons (Fsp3) is 0.300. The number of nitrogens with one attached hydrogen (secondary N) is 1. The van der Waals surface area contributed by atoms with Crippen molar-refractivity contribution in [3.63, 3.8) is 0 Å². The molecular formula is C10H12N2O3S. The first-order valence-electron chi connectivity index (χ1n) is 4.91. The van der Waals surface area contributed by atoms with Crippen LogP contribution in [0.5, 0.6) is 0 Å². The molecule has 1 saturated carbocycles. The van der Waals surface area contributed by atoms with Crippen LogP contribution in [0.1, 0.15) is 23.2 Å². The number of hydrogen-bond donors (Lipinski definition) is 2. The second-order valence-corrected chi connectivity index (χ2v) is 5.72. The Hall–Kier alpha value is -1.56. The van der Waals surface area contributed by atoms with Gasteiger partial charge in [0.2, 0.25) is 10.0 Å². The van der Waals surface area contributed by atoms with Crippen molar-refractivity contribution in [2.24, 2.45) is 5.73 Å². The lowest BCUT2D eigenvalue weighted by Crippen LogP contribution is -2.21. The first-order valence-corrected chi connectivity index (χ1v) is 6.46. The van der Waals surface area contributed by atoms with Gasteiger partial charge in [-0.25, -0.2) is 8.42 Å². The van der Waals surface area contributed by atoms with E-state index in [1.165, 1.54) is 12.1 Å². The van der Waals surface area contributed by atoms with Crippen molar-refractivity contribution < 1.29 is 13.2 Å². The molecule has 0 atom stereocenters. The van der Waals surface area contributed by atoms with Gasteiger partial charge in [0, 0.05) is 0 Å². The van der Waals surface area contributed by atoms with Crippen molar-refractivity contribution in [2.75, 3.05) is 4.72 Å². The molecule has 1 aliphatic carbocycles. The number of sulfonamides is 1. The molecule has 5 nitrogen and oxygen atoms in total. The summed E-state index contributed by atoms with van der Waals surface area (Å²) in [6.45, 7) is 0. The molecule has 16 heavy (non-hydrogen) atoms. The quantitative estimate of drug-likeness (QED) is 0.811. The van der Waals surface area contributed by atoms with E-state index in [9.17, 15) is 13.2 Å². The molecule has 86 valence electrons. The maximum Gasteiger partial charge on any atom is 0.250 e. The summed E-state index contributed by atoms with van der Waals surface area (Å²) in [4.78, 5) is 11.1. The zero-order valence-corrected chi connectivity index (χ0v) is 9.33. The van der Waals surface area contributed by atoms with Gasteiger partial charge in [-0.15, -0.1) is 0 Å². The van der Waals surface area contributed by atoms with Crippen LogP contribution in [0.25, 0.3) is 0 Å². The van der Waals surface area contributed by atoms with E-state index in [0.717, 1.165) is 0 Å². The van der Waals surface area contributed by atoms with Crippen molar-refractivity contribution in [2.45, 2.75) is 18.1 Å². The minimum atomic E-state index is -3.35. The van der Waals surface area contributed by atoms with E-state index >= 15 is 0 Å². The van der Waals surface area contributed by atoms with E-state index in [1.54, 1.807) is 12.1 Å². The Kier molecular flexibility index (Phi) is 2.59. The molecule has 1 aromatic rings. The maximum absolute atomic E-state index is 11.7. The van der Waals surface area contributed by atoms with Gasteiger partial charge in [0.15, 0.2) is 0 Å². The fourth-order valence-corrected chi connectivity index (χ4v) is 2.81. The molecule has 1 fully saturated rings. The molecular weight excluding hydrogens is 228 g/mol. The Morgan fingerprint density at radius 1 is 1.31 bits per heavy atom. The van der Waals surface area contributed by atoms with Gasteiger partial charge in [0.05, 0.1) is 16.5 Å². The van der Waals surface area contributed by atoms with Crippen molar-refractivity contribution in [1.29, 1.82) is 0 Å². The SMILES string of the molecule is NC(=O)c1ccccc1NS(=O)(=O)C1CC1. The van der Waals surface area contributed by atoms with Crippen LogP contribution in [0.15, 0.2) is 24.3 Å². The van der Waals surface area contributed by atoms with Gasteiger partial charge in [-0.05, 0) is 25.0 Å². The Morgan fingerprint density at radius 3 is 2.50 bits per heavy atom. The summed E-state index contributed by atoms with van der Waals surface area (Å²) in [5.41, 5.74) is 5.59. The topological polar surface area (TPSA) is 89.3 Å². The second kappa shape index (κ2) is 3.79. The number of anilines is 1.